The first kappa shape index (κ1) is 20.2. The standard InChI is InChI=1S/C21H29FN6/c1-15-18(22)5-6-19(23)20(15)25-12-17-13-26-21(27-14-17)24-9-3-4-16-7-10-28(2)11-8-16/h5-6,12-14,16H,3-4,7-11,23H2,1-2H3,(H,24,26,27). The summed E-state index contributed by atoms with van der Waals surface area (Å²) in [5.41, 5.74) is 7.93. The van der Waals surface area contributed by atoms with Gasteiger partial charge in [0.15, 0.2) is 0 Å². The highest BCUT2D eigenvalue weighted by Gasteiger charge is 2.15. The first-order valence-electron chi connectivity index (χ1n) is 9.86. The maximum Gasteiger partial charge on any atom is 0.222 e. The lowest BCUT2D eigenvalue weighted by atomic mass is 9.92. The van der Waals surface area contributed by atoms with Crippen LogP contribution in [0.15, 0.2) is 29.5 Å². The van der Waals surface area contributed by atoms with Crippen molar-refractivity contribution >= 4 is 23.5 Å². The molecule has 0 bridgehead atoms. The minimum Gasteiger partial charge on any atom is -0.397 e. The van der Waals surface area contributed by atoms with Gasteiger partial charge in [-0.1, -0.05) is 0 Å². The van der Waals surface area contributed by atoms with Crippen molar-refractivity contribution in [2.45, 2.75) is 32.6 Å². The molecule has 2 aromatic rings. The monoisotopic (exact) mass is 384 g/mol. The second-order valence-electron chi connectivity index (χ2n) is 7.52. The highest BCUT2D eigenvalue weighted by atomic mass is 19.1. The van der Waals surface area contributed by atoms with Crippen molar-refractivity contribution in [3.8, 4) is 0 Å². The predicted molar refractivity (Wildman–Crippen MR) is 113 cm³/mol. The van der Waals surface area contributed by atoms with Gasteiger partial charge < -0.3 is 16.0 Å². The van der Waals surface area contributed by atoms with Gasteiger partial charge in [-0.05, 0) is 70.8 Å². The van der Waals surface area contributed by atoms with Crippen molar-refractivity contribution in [2.24, 2.45) is 10.9 Å². The minimum absolute atomic E-state index is 0.322. The lowest BCUT2D eigenvalue weighted by molar-refractivity contribution is 0.211. The fraction of sp³-hybridized carbons (Fsp3) is 0.476. The smallest absolute Gasteiger partial charge is 0.222 e. The van der Waals surface area contributed by atoms with Crippen molar-refractivity contribution in [1.29, 1.82) is 0 Å². The number of likely N-dealkylation sites (tertiary alicyclic amines) is 1. The number of nitrogens with one attached hydrogen (secondary N) is 1. The molecule has 1 saturated heterocycles. The van der Waals surface area contributed by atoms with E-state index >= 15 is 0 Å². The molecule has 3 rings (SSSR count). The Balaban J connectivity index is 1.47. The molecular weight excluding hydrogens is 355 g/mol. The zero-order chi connectivity index (χ0) is 19.9. The zero-order valence-corrected chi connectivity index (χ0v) is 16.7. The molecule has 28 heavy (non-hydrogen) atoms. The van der Waals surface area contributed by atoms with Crippen LogP contribution >= 0.6 is 0 Å². The number of aliphatic imine (C=N–C) groups is 1. The van der Waals surface area contributed by atoms with Gasteiger partial charge in [-0.25, -0.2) is 14.4 Å². The van der Waals surface area contributed by atoms with Gasteiger partial charge in [0, 0.05) is 36.3 Å². The van der Waals surface area contributed by atoms with E-state index in [1.165, 1.54) is 44.5 Å². The normalized spacial score (nSPS) is 16.0. The van der Waals surface area contributed by atoms with Crippen LogP contribution in [-0.4, -0.2) is 47.8 Å². The molecule has 1 fully saturated rings. The third-order valence-electron chi connectivity index (χ3n) is 5.32. The molecule has 0 atom stereocenters. The van der Waals surface area contributed by atoms with Gasteiger partial charge in [0.2, 0.25) is 5.95 Å². The van der Waals surface area contributed by atoms with E-state index in [0.717, 1.165) is 24.4 Å². The Hall–Kier alpha value is -2.54. The number of nitrogen functional groups attached to an aromatic ring is 1. The van der Waals surface area contributed by atoms with Crippen molar-refractivity contribution < 1.29 is 4.39 Å². The van der Waals surface area contributed by atoms with Crippen LogP contribution in [0, 0.1) is 18.7 Å². The molecule has 0 amide bonds. The Kier molecular flexibility index (Phi) is 6.92. The number of hydrogen-bond acceptors (Lipinski definition) is 6. The van der Waals surface area contributed by atoms with E-state index < -0.39 is 0 Å². The number of rotatable bonds is 7. The van der Waals surface area contributed by atoms with Crippen molar-refractivity contribution in [1.82, 2.24) is 14.9 Å². The number of hydrogen-bond donors (Lipinski definition) is 2. The Bertz CT molecular complexity index is 797. The molecule has 1 aromatic carbocycles. The maximum absolute atomic E-state index is 13.7. The summed E-state index contributed by atoms with van der Waals surface area (Å²) in [7, 11) is 2.19. The number of halogens is 1. The maximum atomic E-state index is 13.7. The van der Waals surface area contributed by atoms with Gasteiger partial charge >= 0.3 is 0 Å². The molecule has 6 nitrogen and oxygen atoms in total. The number of piperidine rings is 1. The zero-order valence-electron chi connectivity index (χ0n) is 16.7. The Morgan fingerprint density at radius 3 is 2.71 bits per heavy atom. The summed E-state index contributed by atoms with van der Waals surface area (Å²) in [5, 5.41) is 3.27. The predicted octanol–water partition coefficient (Wildman–Crippen LogP) is 3.79. The molecule has 0 unspecified atom stereocenters. The van der Waals surface area contributed by atoms with Gasteiger partial charge in [-0.2, -0.15) is 0 Å². The van der Waals surface area contributed by atoms with Crippen LogP contribution in [0.5, 0.6) is 0 Å². The van der Waals surface area contributed by atoms with Gasteiger partial charge in [-0.3, -0.25) is 4.99 Å². The number of nitrogens with zero attached hydrogens (tertiary/aromatic N) is 4. The second-order valence-corrected chi connectivity index (χ2v) is 7.52. The van der Waals surface area contributed by atoms with E-state index in [9.17, 15) is 4.39 Å². The van der Waals surface area contributed by atoms with Crippen LogP contribution < -0.4 is 11.1 Å². The largest absolute Gasteiger partial charge is 0.397 e. The molecule has 150 valence electrons. The molecule has 7 heteroatoms. The van der Waals surface area contributed by atoms with E-state index in [1.54, 1.807) is 25.5 Å². The van der Waals surface area contributed by atoms with Crippen molar-refractivity contribution in [3.05, 3.63) is 41.5 Å². The van der Waals surface area contributed by atoms with Crippen LogP contribution in [-0.2, 0) is 0 Å². The van der Waals surface area contributed by atoms with E-state index in [-0.39, 0.29) is 5.82 Å². The molecule has 2 heterocycles. The van der Waals surface area contributed by atoms with Crippen molar-refractivity contribution in [2.75, 3.05) is 37.7 Å². The summed E-state index contributed by atoms with van der Waals surface area (Å²) in [6, 6.07) is 2.87. The van der Waals surface area contributed by atoms with Crippen LogP contribution in [0.1, 0.15) is 36.8 Å². The molecule has 0 saturated carbocycles. The molecule has 1 aliphatic heterocycles. The molecule has 0 radical (unpaired) electrons. The molecule has 0 aliphatic carbocycles. The van der Waals surface area contributed by atoms with Gasteiger partial charge in [0.1, 0.15) is 5.82 Å². The average Bonchev–Trinajstić information content (AvgIpc) is 2.70. The first-order chi connectivity index (χ1) is 13.5. The highest BCUT2D eigenvalue weighted by Crippen LogP contribution is 2.28. The third kappa shape index (κ3) is 5.48. The number of anilines is 2. The summed E-state index contributed by atoms with van der Waals surface area (Å²) in [6.07, 6.45) is 9.97. The fourth-order valence-corrected chi connectivity index (χ4v) is 3.44. The summed E-state index contributed by atoms with van der Waals surface area (Å²) in [4.78, 5) is 15.3. The molecule has 1 aromatic heterocycles. The van der Waals surface area contributed by atoms with Gasteiger partial charge in [-0.15, -0.1) is 0 Å². The number of nitrogens with two attached hydrogens (primary N) is 1. The summed E-state index contributed by atoms with van der Waals surface area (Å²) < 4.78 is 13.7. The Morgan fingerprint density at radius 1 is 1.29 bits per heavy atom. The number of aromatic nitrogens is 2. The fourth-order valence-electron chi connectivity index (χ4n) is 3.44. The van der Waals surface area contributed by atoms with Crippen LogP contribution in [0.2, 0.25) is 0 Å². The summed E-state index contributed by atoms with van der Waals surface area (Å²) >= 11 is 0. The highest BCUT2D eigenvalue weighted by molar-refractivity contribution is 5.84. The molecule has 0 spiro atoms. The van der Waals surface area contributed by atoms with Crippen LogP contribution in [0.3, 0.4) is 0 Å². The topological polar surface area (TPSA) is 79.4 Å². The SMILES string of the molecule is Cc1c(F)ccc(N)c1N=Cc1cnc(NCCCC2CCN(C)CC2)nc1. The average molecular weight is 385 g/mol. The molecule has 3 N–H and O–H groups in total. The van der Waals surface area contributed by atoms with Crippen LogP contribution in [0.25, 0.3) is 0 Å². The second kappa shape index (κ2) is 9.59. The van der Waals surface area contributed by atoms with Crippen LogP contribution in [0.4, 0.5) is 21.7 Å². The third-order valence-corrected chi connectivity index (χ3v) is 5.32. The van der Waals surface area contributed by atoms with Crippen molar-refractivity contribution in [3.63, 3.8) is 0 Å². The molecule has 1 aliphatic rings. The summed E-state index contributed by atoms with van der Waals surface area (Å²) in [6.45, 7) is 4.96. The number of benzene rings is 1. The first-order valence-corrected chi connectivity index (χ1v) is 9.86. The molecular formula is C21H29FN6. The van der Waals surface area contributed by atoms with E-state index in [1.807, 2.05) is 0 Å². The van der Waals surface area contributed by atoms with Gasteiger partial charge in [0.05, 0.1) is 11.4 Å². The lowest BCUT2D eigenvalue weighted by Gasteiger charge is -2.28. The van der Waals surface area contributed by atoms with E-state index in [2.05, 4.69) is 32.2 Å². The van der Waals surface area contributed by atoms with Gasteiger partial charge in [0.25, 0.3) is 0 Å². The minimum atomic E-state index is -0.322. The Morgan fingerprint density at radius 2 is 2.00 bits per heavy atom. The Labute approximate surface area is 166 Å². The van der Waals surface area contributed by atoms with E-state index in [0.29, 0.717) is 22.9 Å². The van der Waals surface area contributed by atoms with E-state index in [4.69, 9.17) is 5.73 Å². The lowest BCUT2D eigenvalue weighted by Crippen LogP contribution is -2.30. The summed E-state index contributed by atoms with van der Waals surface area (Å²) in [5.74, 6) is 1.13. The quantitative estimate of drug-likeness (QED) is 0.431.